The summed E-state index contributed by atoms with van der Waals surface area (Å²) < 4.78 is 9.69. The second-order valence-electron chi connectivity index (χ2n) is 8.80. The van der Waals surface area contributed by atoms with Crippen LogP contribution < -0.4 is 11.4 Å². The summed E-state index contributed by atoms with van der Waals surface area (Å²) in [6, 6.07) is 2.80. The first-order valence-electron chi connectivity index (χ1n) is 10.2. The minimum absolute atomic E-state index is 0.133. The van der Waals surface area contributed by atoms with Crippen molar-refractivity contribution in [2.24, 2.45) is 18.4 Å². The number of hydrogen-bond acceptors (Lipinski definition) is 6. The summed E-state index contributed by atoms with van der Waals surface area (Å²) in [6.07, 6.45) is 3.49. The highest BCUT2D eigenvalue weighted by atomic mass is 16.4. The van der Waals surface area contributed by atoms with E-state index in [1.165, 1.54) is 22.5 Å². The molecule has 1 saturated carbocycles. The van der Waals surface area contributed by atoms with Gasteiger partial charge in [-0.05, 0) is 42.7 Å². The summed E-state index contributed by atoms with van der Waals surface area (Å²) >= 11 is 0. The lowest BCUT2D eigenvalue weighted by molar-refractivity contribution is -0.140. The Kier molecular flexibility index (Phi) is 4.08. The van der Waals surface area contributed by atoms with Crippen molar-refractivity contribution in [1.29, 1.82) is 0 Å². The summed E-state index contributed by atoms with van der Waals surface area (Å²) in [5, 5.41) is 9.49. The fourth-order valence-corrected chi connectivity index (χ4v) is 5.70. The zero-order valence-corrected chi connectivity index (χ0v) is 17.5. The van der Waals surface area contributed by atoms with Gasteiger partial charge in [0.15, 0.2) is 11.6 Å². The highest BCUT2D eigenvalue weighted by Gasteiger charge is 2.60. The van der Waals surface area contributed by atoms with Crippen LogP contribution in [0.4, 0.5) is 0 Å². The van der Waals surface area contributed by atoms with Crippen LogP contribution in [-0.2, 0) is 29.8 Å². The van der Waals surface area contributed by atoms with E-state index in [2.05, 4.69) is 0 Å². The molecule has 9 heteroatoms. The van der Waals surface area contributed by atoms with Crippen LogP contribution in [0.3, 0.4) is 0 Å². The first-order chi connectivity index (χ1) is 14.7. The Balaban J connectivity index is 1.78. The number of carbonyl (C=O) groups excluding carboxylic acids is 2. The van der Waals surface area contributed by atoms with Gasteiger partial charge in [-0.2, -0.15) is 0 Å². The third-order valence-corrected chi connectivity index (χ3v) is 7.22. The number of Topliss-reactive ketones (excluding diaryl/α,β-unsaturated/α-hetero) is 1. The van der Waals surface area contributed by atoms with Gasteiger partial charge in [0, 0.05) is 13.0 Å². The van der Waals surface area contributed by atoms with Crippen LogP contribution in [0.25, 0.3) is 0 Å². The maximum Gasteiger partial charge on any atom is 0.347 e. The molecule has 2 aromatic rings. The van der Waals surface area contributed by atoms with Gasteiger partial charge in [-0.3, -0.25) is 9.59 Å². The van der Waals surface area contributed by atoms with Gasteiger partial charge in [-0.25, -0.2) is 23.5 Å². The summed E-state index contributed by atoms with van der Waals surface area (Å²) in [5.74, 6) is -0.764. The van der Waals surface area contributed by atoms with Gasteiger partial charge in [0.05, 0.1) is 23.9 Å². The van der Waals surface area contributed by atoms with Crippen molar-refractivity contribution >= 4 is 11.6 Å². The van der Waals surface area contributed by atoms with Gasteiger partial charge in [0.2, 0.25) is 0 Å². The molecule has 2 aliphatic carbocycles. The minimum Gasteiger partial charge on any atom is -0.463 e. The second-order valence-corrected chi connectivity index (χ2v) is 8.80. The third-order valence-electron chi connectivity index (χ3n) is 7.22. The van der Waals surface area contributed by atoms with E-state index in [4.69, 9.17) is 4.42 Å². The topological polar surface area (TPSA) is 116 Å². The molecule has 1 fully saturated rings. The van der Waals surface area contributed by atoms with Crippen LogP contribution in [0, 0.1) is 11.3 Å². The van der Waals surface area contributed by atoms with Crippen molar-refractivity contribution in [1.82, 2.24) is 13.9 Å². The number of furan rings is 1. The second kappa shape index (κ2) is 6.40. The predicted molar refractivity (Wildman–Crippen MR) is 108 cm³/mol. The molecule has 0 bridgehead atoms. The van der Waals surface area contributed by atoms with Crippen molar-refractivity contribution in [2.45, 2.75) is 45.4 Å². The minimum atomic E-state index is -1.09. The maximum absolute atomic E-state index is 13.5. The molecule has 0 spiro atoms. The van der Waals surface area contributed by atoms with Crippen molar-refractivity contribution in [3.63, 3.8) is 0 Å². The molecule has 0 saturated heterocycles. The van der Waals surface area contributed by atoms with E-state index >= 15 is 0 Å². The molecule has 4 atom stereocenters. The molecule has 162 valence electrons. The fraction of sp³-hybridized carbons (Fsp3) is 0.455. The highest BCUT2D eigenvalue weighted by Crippen LogP contribution is 2.59. The van der Waals surface area contributed by atoms with E-state index in [0.717, 1.165) is 10.1 Å². The van der Waals surface area contributed by atoms with Crippen LogP contribution in [-0.4, -0.2) is 30.6 Å². The molecule has 2 aromatic heterocycles. The molecule has 0 radical (unpaired) electrons. The number of hydrogen-bond donors (Lipinski definition) is 1. The summed E-state index contributed by atoms with van der Waals surface area (Å²) in [5.41, 5.74) is -0.802. The zero-order valence-electron chi connectivity index (χ0n) is 17.5. The fourth-order valence-electron chi connectivity index (χ4n) is 5.70. The Morgan fingerprint density at radius 3 is 2.61 bits per heavy atom. The first kappa shape index (κ1) is 19.7. The molecule has 3 aliphatic rings. The normalized spacial score (nSPS) is 29.7. The summed E-state index contributed by atoms with van der Waals surface area (Å²) in [7, 11) is 1.43. The van der Waals surface area contributed by atoms with Gasteiger partial charge in [0.1, 0.15) is 18.1 Å². The van der Waals surface area contributed by atoms with Crippen molar-refractivity contribution in [3.8, 4) is 0 Å². The smallest absolute Gasteiger partial charge is 0.347 e. The van der Waals surface area contributed by atoms with Crippen molar-refractivity contribution in [3.05, 3.63) is 67.9 Å². The number of fused-ring (bicyclic) bond motifs is 4. The maximum atomic E-state index is 13.5. The molecule has 0 aromatic carbocycles. The van der Waals surface area contributed by atoms with Crippen LogP contribution in [0.1, 0.15) is 43.7 Å². The third kappa shape index (κ3) is 2.40. The van der Waals surface area contributed by atoms with E-state index < -0.39 is 34.7 Å². The Hall–Kier alpha value is -3.20. The van der Waals surface area contributed by atoms with Crippen LogP contribution in [0.5, 0.6) is 0 Å². The number of rotatable bonds is 2. The van der Waals surface area contributed by atoms with Crippen LogP contribution >= 0.6 is 0 Å². The standard InChI is InChI=1S/C22H23N3O6/c1-11-8-16(27)14-9-15-13(6-7-24-20(29)23(3)21(30)25(15)24)18(22(14,2)19(11)28)17-5-4-12(10-26)31-17/h4-6,8,14-15,18,26H,7,9-10H2,1-3H3/t14-,15+,18+,22+/m0/s1. The van der Waals surface area contributed by atoms with Gasteiger partial charge in [0.25, 0.3) is 0 Å². The number of aromatic nitrogens is 3. The Labute approximate surface area is 176 Å². The lowest BCUT2D eigenvalue weighted by atomic mass is 9.51. The first-order valence-corrected chi connectivity index (χ1v) is 10.2. The number of ketones is 2. The van der Waals surface area contributed by atoms with Crippen molar-refractivity contribution in [2.75, 3.05) is 0 Å². The van der Waals surface area contributed by atoms with E-state index in [-0.39, 0.29) is 31.1 Å². The quantitative estimate of drug-likeness (QED) is 0.713. The molecule has 5 rings (SSSR count). The molecule has 1 N–H and O–H groups in total. The average molecular weight is 425 g/mol. The zero-order chi connectivity index (χ0) is 22.2. The Morgan fingerprint density at radius 1 is 1.19 bits per heavy atom. The van der Waals surface area contributed by atoms with E-state index in [1.807, 2.05) is 6.08 Å². The summed E-state index contributed by atoms with van der Waals surface area (Å²) in [6.45, 7) is 3.31. The number of aliphatic hydroxyl groups is 1. The Morgan fingerprint density at radius 2 is 1.94 bits per heavy atom. The molecule has 1 aliphatic heterocycles. The monoisotopic (exact) mass is 425 g/mol. The van der Waals surface area contributed by atoms with E-state index in [0.29, 0.717) is 17.1 Å². The largest absolute Gasteiger partial charge is 0.463 e. The molecule has 3 heterocycles. The van der Waals surface area contributed by atoms with Gasteiger partial charge in [-0.1, -0.05) is 13.0 Å². The van der Waals surface area contributed by atoms with Gasteiger partial charge < -0.3 is 9.52 Å². The average Bonchev–Trinajstić information content (AvgIpc) is 3.30. The van der Waals surface area contributed by atoms with E-state index in [9.17, 15) is 24.3 Å². The summed E-state index contributed by atoms with van der Waals surface area (Å²) in [4.78, 5) is 51.9. The van der Waals surface area contributed by atoms with E-state index in [1.54, 1.807) is 26.0 Å². The number of allylic oxidation sites excluding steroid dienone is 4. The lowest BCUT2D eigenvalue weighted by Crippen LogP contribution is -2.54. The van der Waals surface area contributed by atoms with Gasteiger partial charge in [-0.15, -0.1) is 0 Å². The molecular weight excluding hydrogens is 402 g/mol. The van der Waals surface area contributed by atoms with Gasteiger partial charge >= 0.3 is 11.4 Å². The van der Waals surface area contributed by atoms with Crippen LogP contribution in [0.2, 0.25) is 0 Å². The van der Waals surface area contributed by atoms with Crippen molar-refractivity contribution < 1.29 is 19.1 Å². The van der Waals surface area contributed by atoms with Crippen LogP contribution in [0.15, 0.2) is 49.4 Å². The number of aliphatic hydroxyl groups excluding tert-OH is 1. The lowest BCUT2D eigenvalue weighted by Gasteiger charge is -2.51. The molecule has 31 heavy (non-hydrogen) atoms. The number of carbonyl (C=O) groups is 2. The number of nitrogens with zero attached hydrogens (tertiary/aromatic N) is 3. The Bertz CT molecular complexity index is 1320. The molecule has 0 unspecified atom stereocenters. The molecule has 0 amide bonds. The SMILES string of the molecule is CC1=CC(=O)[C@@H]2C[C@@H]3C(=CCn4c(=O)n(C)c(=O)n43)[C@H](c3ccc(CO)o3)[C@]2(C)C1=O. The molecule has 9 nitrogen and oxygen atoms in total. The highest BCUT2D eigenvalue weighted by molar-refractivity contribution is 6.13. The molecular formula is C22H23N3O6. The predicted octanol–water partition coefficient (Wildman–Crippen LogP) is 0.823.